The van der Waals surface area contributed by atoms with Crippen molar-refractivity contribution in [1.82, 2.24) is 5.32 Å². The molecule has 1 fully saturated rings. The molecule has 3 rings (SSSR count). The summed E-state index contributed by atoms with van der Waals surface area (Å²) in [6.07, 6.45) is 2.05. The average Bonchev–Trinajstić information content (AvgIpc) is 3.08. The molecule has 34 heavy (non-hydrogen) atoms. The van der Waals surface area contributed by atoms with Crippen molar-refractivity contribution in [3.8, 4) is 11.5 Å². The van der Waals surface area contributed by atoms with Gasteiger partial charge in [-0.15, -0.1) is 0 Å². The first-order valence-corrected chi connectivity index (χ1v) is 14.3. The Morgan fingerprint density at radius 2 is 1.74 bits per heavy atom. The molecule has 2 N–H and O–H groups in total. The zero-order valence-corrected chi connectivity index (χ0v) is 21.5. The molecule has 2 aromatic carbocycles. The minimum atomic E-state index is -4.05. The lowest BCUT2D eigenvalue weighted by Gasteiger charge is -2.28. The van der Waals surface area contributed by atoms with Crippen molar-refractivity contribution in [2.24, 2.45) is 0 Å². The monoisotopic (exact) mass is 512 g/mol. The average molecular weight is 513 g/mol. The van der Waals surface area contributed by atoms with Crippen LogP contribution in [0.3, 0.4) is 0 Å². The van der Waals surface area contributed by atoms with Crippen LogP contribution in [0.25, 0.3) is 0 Å². The molecule has 0 amide bonds. The largest absolute Gasteiger partial charge is 0.493 e. The predicted octanol–water partition coefficient (Wildman–Crippen LogP) is 2.09. The SMILES string of the molecule is CCN(c1cc(N2CCCNCC2)ccc1NS(=O)(=O)c1ccc(OC)c(OC)c1)S(C)(=O)=O. The Hall–Kier alpha value is -2.70. The van der Waals surface area contributed by atoms with E-state index in [0.29, 0.717) is 5.75 Å². The number of anilines is 3. The van der Waals surface area contributed by atoms with Gasteiger partial charge in [0.2, 0.25) is 10.0 Å². The van der Waals surface area contributed by atoms with E-state index >= 15 is 0 Å². The molecule has 0 aliphatic carbocycles. The van der Waals surface area contributed by atoms with Crippen LogP contribution in [-0.2, 0) is 20.0 Å². The number of ether oxygens (including phenoxy) is 2. The van der Waals surface area contributed by atoms with Crippen molar-refractivity contribution in [3.05, 3.63) is 36.4 Å². The van der Waals surface area contributed by atoms with Crippen molar-refractivity contribution in [2.75, 3.05) is 67.1 Å². The number of hydrogen-bond acceptors (Lipinski definition) is 8. The number of sulfonamides is 2. The minimum Gasteiger partial charge on any atom is -0.493 e. The normalized spacial score (nSPS) is 14.9. The third-order valence-electron chi connectivity index (χ3n) is 5.55. The lowest BCUT2D eigenvalue weighted by Crippen LogP contribution is -2.32. The minimum absolute atomic E-state index is 0.0406. The molecule has 0 radical (unpaired) electrons. The number of hydrogen-bond donors (Lipinski definition) is 2. The molecular formula is C22H32N4O6S2. The van der Waals surface area contributed by atoms with E-state index in [-0.39, 0.29) is 28.6 Å². The van der Waals surface area contributed by atoms with Crippen LogP contribution in [0.1, 0.15) is 13.3 Å². The van der Waals surface area contributed by atoms with Gasteiger partial charge in [-0.25, -0.2) is 16.8 Å². The van der Waals surface area contributed by atoms with Gasteiger partial charge in [0.15, 0.2) is 11.5 Å². The Labute approximate surface area is 202 Å². The summed E-state index contributed by atoms with van der Waals surface area (Å²) >= 11 is 0. The van der Waals surface area contributed by atoms with E-state index in [0.717, 1.165) is 44.5 Å². The molecule has 1 heterocycles. The third kappa shape index (κ3) is 5.86. The Morgan fingerprint density at radius 3 is 2.38 bits per heavy atom. The molecule has 12 heteroatoms. The molecule has 188 valence electrons. The molecule has 10 nitrogen and oxygen atoms in total. The first-order chi connectivity index (χ1) is 16.1. The lowest BCUT2D eigenvalue weighted by molar-refractivity contribution is 0.354. The Morgan fingerprint density at radius 1 is 1.00 bits per heavy atom. The Bertz CT molecular complexity index is 1210. The summed E-state index contributed by atoms with van der Waals surface area (Å²) in [6.45, 7) is 5.16. The van der Waals surface area contributed by atoms with Crippen molar-refractivity contribution >= 4 is 37.1 Å². The molecule has 0 bridgehead atoms. The van der Waals surface area contributed by atoms with E-state index in [2.05, 4.69) is 14.9 Å². The number of rotatable bonds is 9. The van der Waals surface area contributed by atoms with Crippen molar-refractivity contribution in [2.45, 2.75) is 18.2 Å². The fraction of sp³-hybridized carbons (Fsp3) is 0.455. The van der Waals surface area contributed by atoms with Gasteiger partial charge in [0, 0.05) is 37.9 Å². The summed E-state index contributed by atoms with van der Waals surface area (Å²) in [6, 6.07) is 9.39. The van der Waals surface area contributed by atoms with Gasteiger partial charge in [-0.1, -0.05) is 0 Å². The van der Waals surface area contributed by atoms with Crippen LogP contribution in [0.2, 0.25) is 0 Å². The third-order valence-corrected chi connectivity index (χ3v) is 8.17. The maximum absolute atomic E-state index is 13.2. The maximum atomic E-state index is 13.2. The first kappa shape index (κ1) is 25.9. The molecular weight excluding hydrogens is 480 g/mol. The van der Waals surface area contributed by atoms with Crippen molar-refractivity contribution in [3.63, 3.8) is 0 Å². The molecule has 2 aromatic rings. The standard InChI is InChI=1S/C22H32N4O6S2/c1-5-26(33(4,27)28)20-15-17(25-13-6-11-23-12-14-25)7-9-19(20)24-34(29,30)18-8-10-21(31-2)22(16-18)32-3/h7-10,15-16,23-24H,5-6,11-14H2,1-4H3. The van der Waals surface area contributed by atoms with Crippen molar-refractivity contribution in [1.29, 1.82) is 0 Å². The lowest BCUT2D eigenvalue weighted by atomic mass is 10.2. The number of methoxy groups -OCH3 is 2. The van der Waals surface area contributed by atoms with Crippen LogP contribution in [0, 0.1) is 0 Å². The number of nitrogens with zero attached hydrogens (tertiary/aromatic N) is 2. The first-order valence-electron chi connectivity index (χ1n) is 10.9. The smallest absolute Gasteiger partial charge is 0.262 e. The topological polar surface area (TPSA) is 117 Å². The Balaban J connectivity index is 2.05. The molecule has 1 saturated heterocycles. The van der Waals surface area contributed by atoms with Crippen LogP contribution in [-0.4, -0.2) is 70.0 Å². The summed E-state index contributed by atoms with van der Waals surface area (Å²) in [5.74, 6) is 0.662. The van der Waals surface area contributed by atoms with Crippen LogP contribution in [0.5, 0.6) is 11.5 Å². The molecule has 0 unspecified atom stereocenters. The zero-order chi connectivity index (χ0) is 24.9. The highest BCUT2D eigenvalue weighted by atomic mass is 32.2. The van der Waals surface area contributed by atoms with Crippen molar-refractivity contribution < 1.29 is 26.3 Å². The van der Waals surface area contributed by atoms with E-state index in [1.165, 1.54) is 36.7 Å². The molecule has 0 spiro atoms. The summed E-state index contributed by atoms with van der Waals surface area (Å²) in [5.41, 5.74) is 1.26. The fourth-order valence-corrected chi connectivity index (χ4v) is 5.95. The van der Waals surface area contributed by atoms with Crippen LogP contribution in [0.15, 0.2) is 41.3 Å². The van der Waals surface area contributed by atoms with Gasteiger partial charge in [-0.3, -0.25) is 9.03 Å². The van der Waals surface area contributed by atoms with E-state index in [1.54, 1.807) is 25.1 Å². The van der Waals surface area contributed by atoms with E-state index < -0.39 is 20.0 Å². The Kier molecular flexibility index (Phi) is 8.16. The zero-order valence-electron chi connectivity index (χ0n) is 19.9. The highest BCUT2D eigenvalue weighted by Crippen LogP contribution is 2.35. The van der Waals surface area contributed by atoms with Gasteiger partial charge in [-0.2, -0.15) is 0 Å². The number of benzene rings is 2. The highest BCUT2D eigenvalue weighted by Gasteiger charge is 2.25. The quantitative estimate of drug-likeness (QED) is 0.525. The van der Waals surface area contributed by atoms with Gasteiger partial charge in [-0.05, 0) is 50.2 Å². The van der Waals surface area contributed by atoms with Crippen LogP contribution in [0.4, 0.5) is 17.1 Å². The second-order valence-electron chi connectivity index (χ2n) is 7.84. The van der Waals surface area contributed by atoms with Crippen LogP contribution >= 0.6 is 0 Å². The van der Waals surface area contributed by atoms with Gasteiger partial charge < -0.3 is 19.7 Å². The van der Waals surface area contributed by atoms with E-state index in [1.807, 2.05) is 0 Å². The molecule has 0 aromatic heterocycles. The van der Waals surface area contributed by atoms with E-state index in [9.17, 15) is 16.8 Å². The van der Waals surface area contributed by atoms with E-state index in [4.69, 9.17) is 9.47 Å². The maximum Gasteiger partial charge on any atom is 0.262 e. The summed E-state index contributed by atoms with van der Waals surface area (Å²) in [5, 5.41) is 3.34. The van der Waals surface area contributed by atoms with Gasteiger partial charge in [0.25, 0.3) is 10.0 Å². The molecule has 0 atom stereocenters. The fourth-order valence-electron chi connectivity index (χ4n) is 3.88. The molecule has 1 aliphatic heterocycles. The van der Waals surface area contributed by atoms with Gasteiger partial charge >= 0.3 is 0 Å². The van der Waals surface area contributed by atoms with Gasteiger partial charge in [0.05, 0.1) is 36.7 Å². The second-order valence-corrected chi connectivity index (χ2v) is 11.4. The predicted molar refractivity (Wildman–Crippen MR) is 134 cm³/mol. The number of nitrogens with one attached hydrogen (secondary N) is 2. The second kappa shape index (κ2) is 10.7. The summed E-state index contributed by atoms with van der Waals surface area (Å²) in [7, 11) is -4.83. The molecule has 0 saturated carbocycles. The van der Waals surface area contributed by atoms with Crippen LogP contribution < -0.4 is 28.7 Å². The summed E-state index contributed by atoms with van der Waals surface area (Å²) < 4.78 is 65.7. The van der Waals surface area contributed by atoms with Gasteiger partial charge in [0.1, 0.15) is 0 Å². The summed E-state index contributed by atoms with van der Waals surface area (Å²) in [4.78, 5) is 2.12. The highest BCUT2D eigenvalue weighted by molar-refractivity contribution is 7.93. The molecule has 1 aliphatic rings.